The number of rotatable bonds is 4. The number of hydrogen-bond donors (Lipinski definition) is 3. The third-order valence-electron chi connectivity index (χ3n) is 3.51. The molecule has 4 N–H and O–H groups in total. The molecular weight excluding hydrogens is 310 g/mol. The lowest BCUT2D eigenvalue weighted by atomic mass is 10.1. The molecule has 0 amide bonds. The van der Waals surface area contributed by atoms with E-state index >= 15 is 0 Å². The molecule has 104 valence electrons. The summed E-state index contributed by atoms with van der Waals surface area (Å²) in [6.45, 7) is 2.04. The van der Waals surface area contributed by atoms with Gasteiger partial charge in [0.05, 0.1) is 0 Å². The number of oxime groups is 1. The van der Waals surface area contributed by atoms with Crippen LogP contribution in [0.2, 0.25) is 0 Å². The van der Waals surface area contributed by atoms with Crippen LogP contribution in [-0.4, -0.2) is 35.8 Å². The van der Waals surface area contributed by atoms with Gasteiger partial charge in [0.15, 0.2) is 5.84 Å². The van der Waals surface area contributed by atoms with Crippen molar-refractivity contribution < 1.29 is 10.3 Å². The summed E-state index contributed by atoms with van der Waals surface area (Å²) in [5.41, 5.74) is 7.42. The van der Waals surface area contributed by atoms with Gasteiger partial charge in [-0.2, -0.15) is 0 Å². The van der Waals surface area contributed by atoms with Gasteiger partial charge in [0.2, 0.25) is 0 Å². The minimum atomic E-state index is 0.119. The average Bonchev–Trinajstić information content (AvgIpc) is 2.87. The Bertz CT molecular complexity index is 479. The number of nitrogens with two attached hydrogens (primary N) is 1. The monoisotopic (exact) mass is 327 g/mol. The number of nitrogens with zero attached hydrogens (tertiary/aromatic N) is 2. The Balaban J connectivity index is 2.26. The molecule has 0 radical (unpaired) electrons. The smallest absolute Gasteiger partial charge is 0.172 e. The summed E-state index contributed by atoms with van der Waals surface area (Å²) < 4.78 is 0.961. The molecule has 0 bridgehead atoms. The zero-order chi connectivity index (χ0) is 13.8. The van der Waals surface area contributed by atoms with Crippen LogP contribution in [0.5, 0.6) is 0 Å². The summed E-state index contributed by atoms with van der Waals surface area (Å²) in [5, 5.41) is 21.0. The molecule has 6 heteroatoms. The molecule has 1 aliphatic heterocycles. The van der Waals surface area contributed by atoms with Gasteiger partial charge in [-0.05, 0) is 37.0 Å². The van der Waals surface area contributed by atoms with E-state index < -0.39 is 0 Å². The first kappa shape index (κ1) is 14.1. The van der Waals surface area contributed by atoms with E-state index in [1.165, 1.54) is 0 Å². The fourth-order valence-electron chi connectivity index (χ4n) is 2.51. The summed E-state index contributed by atoms with van der Waals surface area (Å²) in [4.78, 5) is 2.22. The van der Waals surface area contributed by atoms with Crippen molar-refractivity contribution in [3.05, 3.63) is 28.2 Å². The minimum Gasteiger partial charge on any atom is -0.409 e. The lowest BCUT2D eigenvalue weighted by molar-refractivity contribution is 0.263. The van der Waals surface area contributed by atoms with E-state index in [4.69, 9.17) is 16.0 Å². The van der Waals surface area contributed by atoms with Crippen molar-refractivity contribution in [3.8, 4) is 0 Å². The van der Waals surface area contributed by atoms with Gasteiger partial charge in [-0.1, -0.05) is 21.1 Å². The van der Waals surface area contributed by atoms with Crippen molar-refractivity contribution in [2.75, 3.05) is 24.6 Å². The highest BCUT2D eigenvalue weighted by molar-refractivity contribution is 9.10. The van der Waals surface area contributed by atoms with Gasteiger partial charge >= 0.3 is 0 Å². The standard InChI is InChI=1S/C13H18BrN3O2/c14-10-1-2-11(13(15)16-19)12(7-10)17-5-3-9(8-17)4-6-18/h1-2,7,9,18-19H,3-6,8H2,(H2,15,16). The highest BCUT2D eigenvalue weighted by Crippen LogP contribution is 2.30. The molecule has 2 rings (SSSR count). The highest BCUT2D eigenvalue weighted by atomic mass is 79.9. The summed E-state index contributed by atoms with van der Waals surface area (Å²) in [7, 11) is 0. The molecule has 1 aromatic carbocycles. The van der Waals surface area contributed by atoms with Gasteiger partial charge < -0.3 is 20.9 Å². The van der Waals surface area contributed by atoms with E-state index in [0.717, 1.165) is 41.7 Å². The second kappa shape index (κ2) is 6.25. The lowest BCUT2D eigenvalue weighted by Gasteiger charge is -2.22. The number of anilines is 1. The van der Waals surface area contributed by atoms with Crippen molar-refractivity contribution in [3.63, 3.8) is 0 Å². The molecule has 19 heavy (non-hydrogen) atoms. The number of benzene rings is 1. The Morgan fingerprint density at radius 1 is 1.53 bits per heavy atom. The summed E-state index contributed by atoms with van der Waals surface area (Å²) in [6.07, 6.45) is 1.88. The van der Waals surface area contributed by atoms with Crippen LogP contribution in [0.3, 0.4) is 0 Å². The summed E-state index contributed by atoms with van der Waals surface area (Å²) >= 11 is 3.45. The number of halogens is 1. The third kappa shape index (κ3) is 3.19. The van der Waals surface area contributed by atoms with Crippen molar-refractivity contribution >= 4 is 27.5 Å². The van der Waals surface area contributed by atoms with Crippen molar-refractivity contribution in [1.82, 2.24) is 0 Å². The zero-order valence-corrected chi connectivity index (χ0v) is 12.2. The third-order valence-corrected chi connectivity index (χ3v) is 4.00. The maximum atomic E-state index is 9.01. The topological polar surface area (TPSA) is 82.1 Å². The SMILES string of the molecule is N/C(=N/O)c1ccc(Br)cc1N1CCC(CCO)C1. The predicted octanol–water partition coefficient (Wildman–Crippen LogP) is 1.75. The molecule has 1 saturated heterocycles. The Hall–Kier alpha value is -1.27. The molecule has 1 aliphatic rings. The van der Waals surface area contributed by atoms with Crippen LogP contribution in [0.15, 0.2) is 27.8 Å². The number of aliphatic hydroxyl groups excluding tert-OH is 1. The van der Waals surface area contributed by atoms with E-state index in [9.17, 15) is 0 Å². The van der Waals surface area contributed by atoms with E-state index in [1.807, 2.05) is 18.2 Å². The van der Waals surface area contributed by atoms with Crippen LogP contribution >= 0.6 is 15.9 Å². The molecule has 0 aliphatic carbocycles. The van der Waals surface area contributed by atoms with Gasteiger partial charge in [-0.15, -0.1) is 0 Å². The number of amidine groups is 1. The van der Waals surface area contributed by atoms with Crippen LogP contribution in [-0.2, 0) is 0 Å². The van der Waals surface area contributed by atoms with Crippen LogP contribution < -0.4 is 10.6 Å². The van der Waals surface area contributed by atoms with Gasteiger partial charge in [0.25, 0.3) is 0 Å². The molecule has 0 spiro atoms. The molecule has 5 nitrogen and oxygen atoms in total. The molecule has 1 aromatic rings. The molecule has 1 heterocycles. The van der Waals surface area contributed by atoms with Gasteiger partial charge in [0, 0.05) is 35.4 Å². The second-order valence-electron chi connectivity index (χ2n) is 4.76. The predicted molar refractivity (Wildman–Crippen MR) is 78.7 cm³/mol. The van der Waals surface area contributed by atoms with E-state index in [0.29, 0.717) is 5.92 Å². The largest absolute Gasteiger partial charge is 0.409 e. The average molecular weight is 328 g/mol. The van der Waals surface area contributed by atoms with Crippen LogP contribution in [0, 0.1) is 5.92 Å². The quantitative estimate of drug-likeness (QED) is 0.340. The van der Waals surface area contributed by atoms with E-state index in [-0.39, 0.29) is 12.4 Å². The Kier molecular flexibility index (Phi) is 4.66. The Morgan fingerprint density at radius 2 is 2.32 bits per heavy atom. The first-order valence-electron chi connectivity index (χ1n) is 6.29. The first-order chi connectivity index (χ1) is 9.15. The lowest BCUT2D eigenvalue weighted by Crippen LogP contribution is -2.24. The van der Waals surface area contributed by atoms with Crippen molar-refractivity contribution in [1.29, 1.82) is 0 Å². The highest BCUT2D eigenvalue weighted by Gasteiger charge is 2.24. The maximum absolute atomic E-state index is 9.01. The second-order valence-corrected chi connectivity index (χ2v) is 5.68. The molecule has 0 aromatic heterocycles. The maximum Gasteiger partial charge on any atom is 0.172 e. The first-order valence-corrected chi connectivity index (χ1v) is 7.08. The normalized spacial score (nSPS) is 20.0. The fourth-order valence-corrected chi connectivity index (χ4v) is 2.86. The van der Waals surface area contributed by atoms with Crippen LogP contribution in [0.4, 0.5) is 5.69 Å². The fraction of sp³-hybridized carbons (Fsp3) is 0.462. The molecule has 1 atom stereocenters. The summed E-state index contributed by atoms with van der Waals surface area (Å²) in [6, 6.07) is 5.70. The van der Waals surface area contributed by atoms with Crippen LogP contribution in [0.25, 0.3) is 0 Å². The van der Waals surface area contributed by atoms with E-state index in [1.54, 1.807) is 0 Å². The number of aliphatic hydroxyl groups is 1. The minimum absolute atomic E-state index is 0.119. The van der Waals surface area contributed by atoms with Gasteiger partial charge in [0.1, 0.15) is 0 Å². The van der Waals surface area contributed by atoms with Crippen LogP contribution in [0.1, 0.15) is 18.4 Å². The number of hydrogen-bond acceptors (Lipinski definition) is 4. The Labute approximate surface area is 120 Å². The summed E-state index contributed by atoms with van der Waals surface area (Å²) in [5.74, 6) is 0.622. The van der Waals surface area contributed by atoms with Gasteiger partial charge in [-0.25, -0.2) is 0 Å². The van der Waals surface area contributed by atoms with E-state index in [2.05, 4.69) is 26.0 Å². The molecule has 0 saturated carbocycles. The van der Waals surface area contributed by atoms with Crippen molar-refractivity contribution in [2.24, 2.45) is 16.8 Å². The Morgan fingerprint density at radius 3 is 3.00 bits per heavy atom. The van der Waals surface area contributed by atoms with Gasteiger partial charge in [-0.3, -0.25) is 0 Å². The van der Waals surface area contributed by atoms with Crippen molar-refractivity contribution in [2.45, 2.75) is 12.8 Å². The molecule has 1 unspecified atom stereocenters. The molecule has 1 fully saturated rings. The molecular formula is C13H18BrN3O2. The zero-order valence-electron chi connectivity index (χ0n) is 10.6.